The maximum atomic E-state index is 12.6. The topological polar surface area (TPSA) is 69.5 Å². The SMILES string of the molecule is CCOc1cccc(C2=NC(=O)C3Cc4cccc(OCC)c4OC3=N2)c1. The van der Waals surface area contributed by atoms with Crippen LogP contribution in [-0.2, 0) is 11.2 Å². The number of amides is 1. The Morgan fingerprint density at radius 2 is 1.89 bits per heavy atom. The minimum absolute atomic E-state index is 0.246. The second-order valence-electron chi connectivity index (χ2n) is 6.22. The van der Waals surface area contributed by atoms with Crippen molar-refractivity contribution in [3.63, 3.8) is 0 Å². The van der Waals surface area contributed by atoms with E-state index in [0.29, 0.717) is 54.2 Å². The molecule has 27 heavy (non-hydrogen) atoms. The third-order valence-corrected chi connectivity index (χ3v) is 4.42. The molecule has 2 aromatic rings. The minimum atomic E-state index is -0.492. The molecule has 2 aliphatic rings. The van der Waals surface area contributed by atoms with Gasteiger partial charge in [-0.15, -0.1) is 0 Å². The second kappa shape index (κ2) is 7.23. The Bertz CT molecular complexity index is 949. The van der Waals surface area contributed by atoms with Crippen LogP contribution >= 0.6 is 0 Å². The predicted molar refractivity (Wildman–Crippen MR) is 102 cm³/mol. The van der Waals surface area contributed by atoms with Crippen molar-refractivity contribution in [2.75, 3.05) is 13.2 Å². The van der Waals surface area contributed by atoms with Crippen LogP contribution < -0.4 is 14.2 Å². The van der Waals surface area contributed by atoms with Crippen molar-refractivity contribution in [2.24, 2.45) is 15.9 Å². The molecule has 2 heterocycles. The van der Waals surface area contributed by atoms with Crippen molar-refractivity contribution in [2.45, 2.75) is 20.3 Å². The Morgan fingerprint density at radius 3 is 2.70 bits per heavy atom. The fourth-order valence-electron chi connectivity index (χ4n) is 3.22. The summed E-state index contributed by atoms with van der Waals surface area (Å²) in [5, 5.41) is 0. The minimum Gasteiger partial charge on any atom is -0.494 e. The molecule has 0 bridgehead atoms. The summed E-state index contributed by atoms with van der Waals surface area (Å²) in [5.41, 5.74) is 1.64. The first-order valence-electron chi connectivity index (χ1n) is 9.06. The number of fused-ring (bicyclic) bond motifs is 2. The first kappa shape index (κ1) is 17.3. The number of amidine groups is 1. The fourth-order valence-corrected chi connectivity index (χ4v) is 3.22. The maximum absolute atomic E-state index is 12.6. The Kier molecular flexibility index (Phi) is 4.62. The lowest BCUT2D eigenvalue weighted by atomic mass is 9.93. The van der Waals surface area contributed by atoms with Crippen LogP contribution in [-0.4, -0.2) is 30.9 Å². The van der Waals surface area contributed by atoms with Crippen LogP contribution in [0, 0.1) is 5.92 Å². The smallest absolute Gasteiger partial charge is 0.260 e. The summed E-state index contributed by atoms with van der Waals surface area (Å²) in [6.45, 7) is 4.93. The second-order valence-corrected chi connectivity index (χ2v) is 6.22. The molecule has 1 atom stereocenters. The number of nitrogens with zero attached hydrogens (tertiary/aromatic N) is 2. The van der Waals surface area contributed by atoms with E-state index < -0.39 is 5.92 Å². The summed E-state index contributed by atoms with van der Waals surface area (Å²) >= 11 is 0. The van der Waals surface area contributed by atoms with Crippen LogP contribution in [0.15, 0.2) is 52.4 Å². The first-order chi connectivity index (χ1) is 13.2. The Morgan fingerprint density at radius 1 is 1.07 bits per heavy atom. The summed E-state index contributed by atoms with van der Waals surface area (Å²) in [7, 11) is 0. The van der Waals surface area contributed by atoms with Gasteiger partial charge in [-0.25, -0.2) is 0 Å². The summed E-state index contributed by atoms with van der Waals surface area (Å²) in [6, 6.07) is 13.1. The van der Waals surface area contributed by atoms with E-state index in [1.165, 1.54) is 0 Å². The molecule has 0 N–H and O–H groups in total. The van der Waals surface area contributed by atoms with Crippen molar-refractivity contribution in [1.29, 1.82) is 0 Å². The van der Waals surface area contributed by atoms with Gasteiger partial charge in [-0.2, -0.15) is 9.98 Å². The van der Waals surface area contributed by atoms with Gasteiger partial charge in [0, 0.05) is 11.1 Å². The van der Waals surface area contributed by atoms with Crippen LogP contribution in [0.3, 0.4) is 0 Å². The van der Waals surface area contributed by atoms with Gasteiger partial charge in [-0.05, 0) is 38.5 Å². The van der Waals surface area contributed by atoms with E-state index in [0.717, 1.165) is 5.56 Å². The summed E-state index contributed by atoms with van der Waals surface area (Å²) in [5.74, 6) is 1.97. The fraction of sp³-hybridized carbons (Fsp3) is 0.286. The molecule has 0 saturated carbocycles. The number of ether oxygens (including phenoxy) is 3. The lowest BCUT2D eigenvalue weighted by Gasteiger charge is -2.28. The lowest BCUT2D eigenvalue weighted by Crippen LogP contribution is -2.37. The van der Waals surface area contributed by atoms with E-state index in [9.17, 15) is 4.79 Å². The molecule has 6 nitrogen and oxygen atoms in total. The molecule has 0 aromatic heterocycles. The Hall–Kier alpha value is -3.15. The largest absolute Gasteiger partial charge is 0.494 e. The van der Waals surface area contributed by atoms with E-state index in [1.807, 2.05) is 56.3 Å². The zero-order valence-corrected chi connectivity index (χ0v) is 15.3. The zero-order valence-electron chi connectivity index (χ0n) is 15.3. The third-order valence-electron chi connectivity index (χ3n) is 4.42. The summed E-state index contributed by atoms with van der Waals surface area (Å²) in [6.07, 6.45) is 0.504. The molecule has 1 unspecified atom stereocenters. The highest BCUT2D eigenvalue weighted by molar-refractivity contribution is 6.19. The number of aliphatic imine (C=N–C) groups is 2. The van der Waals surface area contributed by atoms with Crippen LogP contribution in [0.4, 0.5) is 0 Å². The van der Waals surface area contributed by atoms with Gasteiger partial charge in [0.2, 0.25) is 5.90 Å². The number of carbonyl (C=O) groups is 1. The molecular weight excluding hydrogens is 344 g/mol. The predicted octanol–water partition coefficient (Wildman–Crippen LogP) is 3.42. The van der Waals surface area contributed by atoms with Gasteiger partial charge in [0.25, 0.3) is 5.91 Å². The van der Waals surface area contributed by atoms with Gasteiger partial charge < -0.3 is 14.2 Å². The van der Waals surface area contributed by atoms with Gasteiger partial charge in [0.1, 0.15) is 11.7 Å². The molecule has 0 fully saturated rings. The highest BCUT2D eigenvalue weighted by atomic mass is 16.5. The molecule has 0 spiro atoms. The van der Waals surface area contributed by atoms with Gasteiger partial charge in [-0.3, -0.25) is 4.79 Å². The van der Waals surface area contributed by atoms with E-state index in [-0.39, 0.29) is 5.91 Å². The average molecular weight is 364 g/mol. The number of hydrogen-bond donors (Lipinski definition) is 0. The van der Waals surface area contributed by atoms with Crippen LogP contribution in [0.25, 0.3) is 0 Å². The molecular formula is C21H20N2O4. The molecule has 138 valence electrons. The molecule has 2 aliphatic heterocycles. The Labute approximate surface area is 157 Å². The van der Waals surface area contributed by atoms with Crippen LogP contribution in [0.1, 0.15) is 25.0 Å². The summed E-state index contributed by atoms with van der Waals surface area (Å²) < 4.78 is 17.2. The molecule has 1 amide bonds. The standard InChI is InChI=1S/C21H20N2O4/c1-3-25-15-9-5-8-14(11-15)19-22-20(24)16-12-13-7-6-10-17(26-4-2)18(13)27-21(16)23-19/h5-11,16H,3-4,12H2,1-2H3. The van der Waals surface area contributed by atoms with Gasteiger partial charge in [-0.1, -0.05) is 24.3 Å². The quantitative estimate of drug-likeness (QED) is 0.815. The molecule has 2 aromatic carbocycles. The molecule has 0 aliphatic carbocycles. The third kappa shape index (κ3) is 3.30. The van der Waals surface area contributed by atoms with Crippen LogP contribution in [0.5, 0.6) is 17.2 Å². The van der Waals surface area contributed by atoms with Gasteiger partial charge in [0.15, 0.2) is 17.3 Å². The monoisotopic (exact) mass is 364 g/mol. The van der Waals surface area contributed by atoms with E-state index in [2.05, 4.69) is 9.98 Å². The average Bonchev–Trinajstić information content (AvgIpc) is 2.68. The van der Waals surface area contributed by atoms with Crippen molar-refractivity contribution >= 4 is 17.6 Å². The van der Waals surface area contributed by atoms with E-state index in [4.69, 9.17) is 14.2 Å². The number of rotatable bonds is 5. The van der Waals surface area contributed by atoms with Crippen LogP contribution in [0.2, 0.25) is 0 Å². The molecule has 4 rings (SSSR count). The molecule has 0 saturated heterocycles. The van der Waals surface area contributed by atoms with E-state index in [1.54, 1.807) is 0 Å². The van der Waals surface area contributed by atoms with Gasteiger partial charge in [0.05, 0.1) is 13.2 Å². The molecule has 0 radical (unpaired) electrons. The number of para-hydroxylation sites is 1. The van der Waals surface area contributed by atoms with E-state index >= 15 is 0 Å². The normalized spacial score (nSPS) is 17.9. The highest BCUT2D eigenvalue weighted by Crippen LogP contribution is 2.38. The maximum Gasteiger partial charge on any atom is 0.260 e. The van der Waals surface area contributed by atoms with Crippen molar-refractivity contribution in [1.82, 2.24) is 0 Å². The van der Waals surface area contributed by atoms with Crippen molar-refractivity contribution in [3.05, 3.63) is 53.6 Å². The highest BCUT2D eigenvalue weighted by Gasteiger charge is 2.37. The molecule has 6 heteroatoms. The zero-order chi connectivity index (χ0) is 18.8. The van der Waals surface area contributed by atoms with Crippen molar-refractivity contribution in [3.8, 4) is 17.2 Å². The number of hydrogen-bond acceptors (Lipinski definition) is 5. The van der Waals surface area contributed by atoms with Crippen molar-refractivity contribution < 1.29 is 19.0 Å². The number of carbonyl (C=O) groups excluding carboxylic acids is 1. The lowest BCUT2D eigenvalue weighted by molar-refractivity contribution is -0.120. The number of benzene rings is 2. The summed E-state index contributed by atoms with van der Waals surface area (Å²) in [4.78, 5) is 21.4. The Balaban J connectivity index is 1.69. The van der Waals surface area contributed by atoms with Gasteiger partial charge >= 0.3 is 0 Å². The first-order valence-corrected chi connectivity index (χ1v) is 9.06.